The first kappa shape index (κ1) is 11.7. The van der Waals surface area contributed by atoms with Crippen LogP contribution >= 0.6 is 11.6 Å². The quantitative estimate of drug-likeness (QED) is 0.786. The third kappa shape index (κ3) is 2.40. The van der Waals surface area contributed by atoms with Crippen molar-refractivity contribution >= 4 is 11.6 Å². The third-order valence-corrected chi connectivity index (χ3v) is 3.63. The summed E-state index contributed by atoms with van der Waals surface area (Å²) in [6, 6.07) is 12.3. The van der Waals surface area contributed by atoms with Crippen molar-refractivity contribution in [3.63, 3.8) is 0 Å². The lowest BCUT2D eigenvalue weighted by Crippen LogP contribution is -1.99. The largest absolute Gasteiger partial charge is 0.372 e. The number of aromatic nitrogens is 1. The minimum absolute atomic E-state index is 0.0363. The van der Waals surface area contributed by atoms with Gasteiger partial charge in [0.2, 0.25) is 0 Å². The van der Waals surface area contributed by atoms with Crippen LogP contribution in [0.2, 0.25) is 0 Å². The van der Waals surface area contributed by atoms with Crippen LogP contribution in [0.5, 0.6) is 0 Å². The Bertz CT molecular complexity index is 541. The minimum Gasteiger partial charge on any atom is -0.372 e. The van der Waals surface area contributed by atoms with Crippen LogP contribution in [0.15, 0.2) is 42.6 Å². The number of hydrogen-bond acceptors (Lipinski definition) is 2. The van der Waals surface area contributed by atoms with Crippen LogP contribution in [0.25, 0.3) is 0 Å². The van der Waals surface area contributed by atoms with E-state index < -0.39 is 0 Å². The van der Waals surface area contributed by atoms with Crippen molar-refractivity contribution in [1.29, 1.82) is 0 Å². The first-order chi connectivity index (χ1) is 8.83. The number of rotatable bonds is 3. The molecule has 0 saturated heterocycles. The summed E-state index contributed by atoms with van der Waals surface area (Å²) in [5.74, 6) is 0. The van der Waals surface area contributed by atoms with E-state index in [0.29, 0.717) is 6.61 Å². The summed E-state index contributed by atoms with van der Waals surface area (Å²) >= 11 is 6.46. The maximum Gasteiger partial charge on any atom is 0.0725 e. The summed E-state index contributed by atoms with van der Waals surface area (Å²) in [7, 11) is 0. The summed E-state index contributed by atoms with van der Waals surface area (Å²) in [5, 5.41) is -0.0363. The van der Waals surface area contributed by atoms with Crippen molar-refractivity contribution < 1.29 is 4.74 Å². The van der Waals surface area contributed by atoms with Gasteiger partial charge in [-0.05, 0) is 28.8 Å². The number of ether oxygens (including phenoxy) is 1. The molecule has 3 rings (SSSR count). The van der Waals surface area contributed by atoms with Crippen LogP contribution in [0.3, 0.4) is 0 Å². The standard InChI is InChI=1S/C15H14ClNO/c16-15(8-14-3-1-2-6-17-14)11-4-5-12-9-18-10-13(12)7-11/h1-7,15H,8-10H2. The Morgan fingerprint density at radius 2 is 2.06 bits per heavy atom. The van der Waals surface area contributed by atoms with Crippen LogP contribution in [0, 0.1) is 0 Å². The van der Waals surface area contributed by atoms with Gasteiger partial charge in [-0.1, -0.05) is 24.3 Å². The molecule has 18 heavy (non-hydrogen) atoms. The molecule has 1 aliphatic heterocycles. The number of fused-ring (bicyclic) bond motifs is 1. The maximum absolute atomic E-state index is 6.46. The summed E-state index contributed by atoms with van der Waals surface area (Å²) in [5.41, 5.74) is 4.71. The van der Waals surface area contributed by atoms with E-state index in [-0.39, 0.29) is 5.38 Å². The van der Waals surface area contributed by atoms with Crippen LogP contribution in [-0.2, 0) is 24.4 Å². The van der Waals surface area contributed by atoms with E-state index in [9.17, 15) is 0 Å². The highest BCUT2D eigenvalue weighted by Crippen LogP contribution is 2.28. The van der Waals surface area contributed by atoms with Gasteiger partial charge in [-0.3, -0.25) is 4.98 Å². The van der Waals surface area contributed by atoms with E-state index in [2.05, 4.69) is 23.2 Å². The molecule has 0 bridgehead atoms. The van der Waals surface area contributed by atoms with E-state index >= 15 is 0 Å². The molecule has 0 saturated carbocycles. The predicted molar refractivity (Wildman–Crippen MR) is 71.5 cm³/mol. The summed E-state index contributed by atoms with van der Waals surface area (Å²) < 4.78 is 5.41. The van der Waals surface area contributed by atoms with Gasteiger partial charge >= 0.3 is 0 Å². The molecule has 0 spiro atoms. The molecule has 3 heteroatoms. The van der Waals surface area contributed by atoms with Gasteiger partial charge in [0.15, 0.2) is 0 Å². The Morgan fingerprint density at radius 3 is 2.89 bits per heavy atom. The highest BCUT2D eigenvalue weighted by Gasteiger charge is 2.15. The zero-order valence-corrected chi connectivity index (χ0v) is 10.7. The Labute approximate surface area is 112 Å². The van der Waals surface area contributed by atoms with Crippen molar-refractivity contribution in [2.75, 3.05) is 0 Å². The lowest BCUT2D eigenvalue weighted by Gasteiger charge is -2.10. The average molecular weight is 260 g/mol. The highest BCUT2D eigenvalue weighted by atomic mass is 35.5. The van der Waals surface area contributed by atoms with E-state index in [1.807, 2.05) is 18.2 Å². The van der Waals surface area contributed by atoms with Crippen molar-refractivity contribution in [2.24, 2.45) is 0 Å². The maximum atomic E-state index is 6.46. The van der Waals surface area contributed by atoms with Crippen LogP contribution in [-0.4, -0.2) is 4.98 Å². The molecular weight excluding hydrogens is 246 g/mol. The van der Waals surface area contributed by atoms with Gasteiger partial charge in [0.25, 0.3) is 0 Å². The fourth-order valence-electron chi connectivity index (χ4n) is 2.21. The summed E-state index contributed by atoms with van der Waals surface area (Å²) in [6.45, 7) is 1.43. The van der Waals surface area contributed by atoms with Crippen LogP contribution in [0.4, 0.5) is 0 Å². The van der Waals surface area contributed by atoms with Gasteiger partial charge in [0, 0.05) is 18.3 Å². The molecule has 1 aliphatic rings. The second kappa shape index (κ2) is 5.09. The Hall–Kier alpha value is -1.38. The van der Waals surface area contributed by atoms with E-state index in [0.717, 1.165) is 24.3 Å². The highest BCUT2D eigenvalue weighted by molar-refractivity contribution is 6.20. The second-order valence-corrected chi connectivity index (χ2v) is 5.04. The lowest BCUT2D eigenvalue weighted by atomic mass is 10.0. The topological polar surface area (TPSA) is 22.1 Å². The normalized spacial score (nSPS) is 15.4. The number of nitrogens with zero attached hydrogens (tertiary/aromatic N) is 1. The molecule has 2 aromatic rings. The molecule has 0 aliphatic carbocycles. The number of halogens is 1. The van der Waals surface area contributed by atoms with Crippen LogP contribution < -0.4 is 0 Å². The molecule has 0 N–H and O–H groups in total. The van der Waals surface area contributed by atoms with Gasteiger partial charge in [-0.15, -0.1) is 11.6 Å². The predicted octanol–water partition coefficient (Wildman–Crippen LogP) is 3.63. The minimum atomic E-state index is -0.0363. The average Bonchev–Trinajstić information content (AvgIpc) is 2.87. The monoisotopic (exact) mass is 259 g/mol. The second-order valence-electron chi connectivity index (χ2n) is 4.51. The zero-order chi connectivity index (χ0) is 12.4. The molecule has 1 atom stereocenters. The van der Waals surface area contributed by atoms with Crippen molar-refractivity contribution in [1.82, 2.24) is 4.98 Å². The first-order valence-corrected chi connectivity index (χ1v) is 6.50. The SMILES string of the molecule is ClC(Cc1ccccn1)c1ccc2c(c1)COC2. The number of alkyl halides is 1. The molecule has 1 aromatic heterocycles. The van der Waals surface area contributed by atoms with Crippen molar-refractivity contribution in [3.8, 4) is 0 Å². The summed E-state index contributed by atoms with van der Waals surface area (Å²) in [6.07, 6.45) is 2.55. The van der Waals surface area contributed by atoms with E-state index in [1.165, 1.54) is 11.1 Å². The van der Waals surface area contributed by atoms with Gasteiger partial charge in [0.1, 0.15) is 0 Å². The van der Waals surface area contributed by atoms with Gasteiger partial charge in [-0.25, -0.2) is 0 Å². The molecule has 0 amide bonds. The van der Waals surface area contributed by atoms with E-state index in [1.54, 1.807) is 6.20 Å². The van der Waals surface area contributed by atoms with Crippen molar-refractivity contribution in [3.05, 3.63) is 65.0 Å². The molecule has 0 radical (unpaired) electrons. The number of hydrogen-bond donors (Lipinski definition) is 0. The molecular formula is C15H14ClNO. The number of benzene rings is 1. The molecule has 2 nitrogen and oxygen atoms in total. The van der Waals surface area contributed by atoms with E-state index in [4.69, 9.17) is 16.3 Å². The van der Waals surface area contributed by atoms with Gasteiger partial charge < -0.3 is 4.74 Å². The Kier molecular flexibility index (Phi) is 3.31. The molecule has 92 valence electrons. The lowest BCUT2D eigenvalue weighted by molar-refractivity contribution is 0.134. The molecule has 1 unspecified atom stereocenters. The Morgan fingerprint density at radius 1 is 1.17 bits per heavy atom. The molecule has 2 heterocycles. The van der Waals surface area contributed by atoms with Crippen LogP contribution in [0.1, 0.15) is 27.8 Å². The smallest absolute Gasteiger partial charge is 0.0725 e. The Balaban J connectivity index is 1.78. The molecule has 1 aromatic carbocycles. The van der Waals surface area contributed by atoms with Gasteiger partial charge in [-0.2, -0.15) is 0 Å². The van der Waals surface area contributed by atoms with Gasteiger partial charge in [0.05, 0.1) is 18.6 Å². The van der Waals surface area contributed by atoms with Crippen molar-refractivity contribution in [2.45, 2.75) is 25.0 Å². The fraction of sp³-hybridized carbons (Fsp3) is 0.267. The number of pyridine rings is 1. The summed E-state index contributed by atoms with van der Waals surface area (Å²) in [4.78, 5) is 4.31. The third-order valence-electron chi connectivity index (χ3n) is 3.22. The molecule has 0 fully saturated rings. The fourth-order valence-corrected chi connectivity index (χ4v) is 2.50. The zero-order valence-electron chi connectivity index (χ0n) is 9.97. The first-order valence-electron chi connectivity index (χ1n) is 6.06.